The first-order valence-electron chi connectivity index (χ1n) is 7.69. The molecule has 2 aromatic heterocycles. The van der Waals surface area contributed by atoms with E-state index in [1.54, 1.807) is 4.68 Å². The van der Waals surface area contributed by atoms with E-state index in [4.69, 9.17) is 0 Å². The van der Waals surface area contributed by atoms with E-state index in [9.17, 15) is 4.79 Å². The van der Waals surface area contributed by atoms with Gasteiger partial charge in [-0.25, -0.2) is 4.98 Å². The number of rotatable bonds is 4. The number of aromatic nitrogens is 4. The zero-order valence-electron chi connectivity index (χ0n) is 13.9. The number of fused-ring (bicyclic) bond motifs is 1. The third-order valence-electron chi connectivity index (χ3n) is 4.20. The summed E-state index contributed by atoms with van der Waals surface area (Å²) in [6.07, 6.45) is 0. The average molecular weight is 311 g/mol. The van der Waals surface area contributed by atoms with Crippen molar-refractivity contribution in [3.8, 4) is 0 Å². The number of para-hydroxylation sites is 2. The lowest BCUT2D eigenvalue weighted by Gasteiger charge is -2.09. The highest BCUT2D eigenvalue weighted by molar-refractivity contribution is 5.96. The molecule has 0 radical (unpaired) electrons. The maximum Gasteiger partial charge on any atom is 0.255 e. The molecule has 0 aliphatic rings. The van der Waals surface area contributed by atoms with E-state index in [1.165, 1.54) is 0 Å². The maximum absolute atomic E-state index is 12.4. The maximum atomic E-state index is 12.4. The number of nitrogens with one attached hydrogen (secondary N) is 1. The Morgan fingerprint density at radius 1 is 1.22 bits per heavy atom. The molecule has 6 nitrogen and oxygen atoms in total. The summed E-state index contributed by atoms with van der Waals surface area (Å²) in [7, 11) is 1.85. The summed E-state index contributed by atoms with van der Waals surface area (Å²) in [4.78, 5) is 16.9. The van der Waals surface area contributed by atoms with Gasteiger partial charge >= 0.3 is 0 Å². The minimum absolute atomic E-state index is 0.0739. The molecule has 1 amide bonds. The van der Waals surface area contributed by atoms with Gasteiger partial charge < -0.3 is 9.88 Å². The van der Waals surface area contributed by atoms with Crippen molar-refractivity contribution in [3.05, 3.63) is 47.0 Å². The number of benzene rings is 1. The molecule has 0 spiro atoms. The fraction of sp³-hybridized carbons (Fsp3) is 0.353. The highest BCUT2D eigenvalue weighted by Crippen LogP contribution is 2.15. The molecule has 0 saturated heterocycles. The lowest BCUT2D eigenvalue weighted by molar-refractivity contribution is 0.0951. The Bertz CT molecular complexity index is 875. The first-order chi connectivity index (χ1) is 11.0. The van der Waals surface area contributed by atoms with Crippen molar-refractivity contribution in [2.75, 3.05) is 6.54 Å². The van der Waals surface area contributed by atoms with Crippen LogP contribution in [0, 0.1) is 20.8 Å². The molecule has 6 heteroatoms. The van der Waals surface area contributed by atoms with Crippen molar-refractivity contribution in [3.63, 3.8) is 0 Å². The number of nitrogens with zero attached hydrogens (tertiary/aromatic N) is 4. The molecule has 2 heterocycles. The van der Waals surface area contributed by atoms with Gasteiger partial charge in [0.15, 0.2) is 0 Å². The first kappa shape index (κ1) is 15.3. The van der Waals surface area contributed by atoms with Crippen LogP contribution in [0.4, 0.5) is 0 Å². The molecule has 0 bridgehead atoms. The number of carbonyl (C=O) groups is 1. The van der Waals surface area contributed by atoms with E-state index in [0.717, 1.165) is 28.2 Å². The molecule has 0 saturated carbocycles. The molecule has 1 N–H and O–H groups in total. The summed E-state index contributed by atoms with van der Waals surface area (Å²) in [6, 6.07) is 8.03. The van der Waals surface area contributed by atoms with E-state index in [1.807, 2.05) is 52.1 Å². The van der Waals surface area contributed by atoms with Crippen LogP contribution in [-0.4, -0.2) is 31.8 Å². The van der Waals surface area contributed by atoms with Crippen LogP contribution in [-0.2, 0) is 13.6 Å². The van der Waals surface area contributed by atoms with Crippen molar-refractivity contribution in [2.45, 2.75) is 27.3 Å². The Hall–Kier alpha value is -2.63. The van der Waals surface area contributed by atoms with Crippen molar-refractivity contribution in [1.29, 1.82) is 0 Å². The summed E-state index contributed by atoms with van der Waals surface area (Å²) < 4.78 is 3.86. The number of imidazole rings is 1. The Labute approximate surface area is 135 Å². The second-order valence-corrected chi connectivity index (χ2v) is 5.72. The van der Waals surface area contributed by atoms with E-state index in [2.05, 4.69) is 20.0 Å². The molecule has 3 aromatic rings. The predicted molar refractivity (Wildman–Crippen MR) is 89.5 cm³/mol. The topological polar surface area (TPSA) is 64.7 Å². The van der Waals surface area contributed by atoms with Crippen LogP contribution in [0.15, 0.2) is 24.3 Å². The third kappa shape index (κ3) is 2.72. The van der Waals surface area contributed by atoms with Gasteiger partial charge in [0.05, 0.1) is 22.3 Å². The molecule has 0 fully saturated rings. The van der Waals surface area contributed by atoms with Crippen LogP contribution >= 0.6 is 0 Å². The highest BCUT2D eigenvalue weighted by Gasteiger charge is 2.17. The third-order valence-corrected chi connectivity index (χ3v) is 4.20. The molecule has 23 heavy (non-hydrogen) atoms. The lowest BCUT2D eigenvalue weighted by Crippen LogP contribution is -2.28. The predicted octanol–water partition coefficient (Wildman–Crippen LogP) is 2.13. The smallest absolute Gasteiger partial charge is 0.255 e. The zero-order chi connectivity index (χ0) is 16.6. The molecule has 1 aromatic carbocycles. The number of carbonyl (C=O) groups excluding carboxylic acids is 1. The fourth-order valence-corrected chi connectivity index (χ4v) is 2.95. The van der Waals surface area contributed by atoms with Crippen LogP contribution in [0.1, 0.15) is 27.6 Å². The summed E-state index contributed by atoms with van der Waals surface area (Å²) in [5, 5.41) is 7.27. The second-order valence-electron chi connectivity index (χ2n) is 5.72. The lowest BCUT2D eigenvalue weighted by atomic mass is 10.2. The van der Waals surface area contributed by atoms with E-state index in [0.29, 0.717) is 18.7 Å². The molecular formula is C17H21N5O. The molecule has 0 aliphatic heterocycles. The Balaban J connectivity index is 1.71. The minimum atomic E-state index is -0.0739. The second kappa shape index (κ2) is 5.87. The van der Waals surface area contributed by atoms with Gasteiger partial charge in [-0.2, -0.15) is 5.10 Å². The van der Waals surface area contributed by atoms with Gasteiger partial charge in [0.25, 0.3) is 5.91 Å². The van der Waals surface area contributed by atoms with Gasteiger partial charge in [0, 0.05) is 25.8 Å². The van der Waals surface area contributed by atoms with Gasteiger partial charge in [0.2, 0.25) is 0 Å². The van der Waals surface area contributed by atoms with E-state index < -0.39 is 0 Å². The van der Waals surface area contributed by atoms with E-state index in [-0.39, 0.29) is 5.91 Å². The standard InChI is InChI=1S/C17H21N5O/c1-11-16(12(2)21(4)20-11)17(23)18-9-10-22-13(3)19-14-7-5-6-8-15(14)22/h5-8H,9-10H2,1-4H3,(H,18,23). The molecule has 0 aliphatic carbocycles. The highest BCUT2D eigenvalue weighted by atomic mass is 16.1. The fourth-order valence-electron chi connectivity index (χ4n) is 2.95. The summed E-state index contributed by atoms with van der Waals surface area (Å²) in [5.74, 6) is 0.879. The van der Waals surface area contributed by atoms with Gasteiger partial charge in [-0.05, 0) is 32.9 Å². The van der Waals surface area contributed by atoms with E-state index >= 15 is 0 Å². The van der Waals surface area contributed by atoms with Crippen LogP contribution in [0.5, 0.6) is 0 Å². The minimum Gasteiger partial charge on any atom is -0.350 e. The van der Waals surface area contributed by atoms with Gasteiger partial charge in [-0.15, -0.1) is 0 Å². The SMILES string of the molecule is Cc1nn(C)c(C)c1C(=O)NCCn1c(C)nc2ccccc21. The quantitative estimate of drug-likeness (QED) is 0.803. The molecule has 120 valence electrons. The van der Waals surface area contributed by atoms with Crippen LogP contribution in [0.3, 0.4) is 0 Å². The number of hydrogen-bond acceptors (Lipinski definition) is 3. The van der Waals surface area contributed by atoms with Crippen molar-refractivity contribution < 1.29 is 4.79 Å². The Morgan fingerprint density at radius 2 is 1.96 bits per heavy atom. The van der Waals surface area contributed by atoms with Crippen molar-refractivity contribution in [1.82, 2.24) is 24.6 Å². The van der Waals surface area contributed by atoms with Crippen LogP contribution in [0.2, 0.25) is 0 Å². The zero-order valence-corrected chi connectivity index (χ0v) is 13.9. The molecule has 0 atom stereocenters. The summed E-state index contributed by atoms with van der Waals surface area (Å²) >= 11 is 0. The average Bonchev–Trinajstić information content (AvgIpc) is 2.96. The normalized spacial score (nSPS) is 11.1. The Kier molecular flexibility index (Phi) is 3.90. The monoisotopic (exact) mass is 311 g/mol. The molecular weight excluding hydrogens is 290 g/mol. The Morgan fingerprint density at radius 3 is 2.65 bits per heavy atom. The van der Waals surface area contributed by atoms with Crippen molar-refractivity contribution in [2.24, 2.45) is 7.05 Å². The van der Waals surface area contributed by atoms with Crippen LogP contribution < -0.4 is 5.32 Å². The number of aryl methyl sites for hydroxylation is 3. The van der Waals surface area contributed by atoms with Crippen molar-refractivity contribution >= 4 is 16.9 Å². The summed E-state index contributed by atoms with van der Waals surface area (Å²) in [6.45, 7) is 6.99. The summed E-state index contributed by atoms with van der Waals surface area (Å²) in [5.41, 5.74) is 4.37. The molecule has 3 rings (SSSR count). The molecule has 0 unspecified atom stereocenters. The number of hydrogen-bond donors (Lipinski definition) is 1. The van der Waals surface area contributed by atoms with Crippen LogP contribution in [0.25, 0.3) is 11.0 Å². The van der Waals surface area contributed by atoms with Gasteiger partial charge in [0.1, 0.15) is 5.82 Å². The number of amides is 1. The van der Waals surface area contributed by atoms with Gasteiger partial charge in [-0.1, -0.05) is 12.1 Å². The van der Waals surface area contributed by atoms with Gasteiger partial charge in [-0.3, -0.25) is 9.48 Å². The first-order valence-corrected chi connectivity index (χ1v) is 7.69. The largest absolute Gasteiger partial charge is 0.350 e.